The summed E-state index contributed by atoms with van der Waals surface area (Å²) in [7, 11) is 0. The molecule has 11 aromatic rings. The van der Waals surface area contributed by atoms with Gasteiger partial charge in [0, 0.05) is 54.4 Å². The van der Waals surface area contributed by atoms with E-state index in [9.17, 15) is 0 Å². The maximum Gasteiger partial charge on any atom is 0.135 e. The van der Waals surface area contributed by atoms with Crippen molar-refractivity contribution in [2.45, 2.75) is 12.8 Å². The van der Waals surface area contributed by atoms with Crippen LogP contribution in [0.15, 0.2) is 192 Å². The zero-order valence-corrected chi connectivity index (χ0v) is 32.4. The number of allylic oxidation sites excluding steroid dienone is 1. The van der Waals surface area contributed by atoms with Crippen LogP contribution in [-0.2, 0) is 6.42 Å². The van der Waals surface area contributed by atoms with Crippen LogP contribution in [0, 0.1) is 0 Å². The van der Waals surface area contributed by atoms with Crippen LogP contribution in [0.3, 0.4) is 0 Å². The summed E-state index contributed by atoms with van der Waals surface area (Å²) in [5.41, 5.74) is 15.0. The predicted molar refractivity (Wildman–Crippen MR) is 246 cm³/mol. The molecular formula is C54H36N2OS. The number of anilines is 3. The van der Waals surface area contributed by atoms with Crippen molar-refractivity contribution in [1.29, 1.82) is 0 Å². The number of furan rings is 1. The third-order valence-electron chi connectivity index (χ3n) is 11.8. The minimum absolute atomic E-state index is 0.911. The van der Waals surface area contributed by atoms with E-state index >= 15 is 0 Å². The molecule has 0 atom stereocenters. The van der Waals surface area contributed by atoms with Crippen molar-refractivity contribution < 1.29 is 4.42 Å². The van der Waals surface area contributed by atoms with E-state index in [1.807, 2.05) is 23.5 Å². The average Bonchev–Trinajstić information content (AvgIpc) is 3.96. The normalized spacial score (nSPS) is 12.6. The molecule has 0 spiro atoms. The monoisotopic (exact) mass is 760 g/mol. The van der Waals surface area contributed by atoms with E-state index in [-0.39, 0.29) is 0 Å². The van der Waals surface area contributed by atoms with E-state index < -0.39 is 0 Å². The summed E-state index contributed by atoms with van der Waals surface area (Å²) in [5.74, 6) is 0. The van der Waals surface area contributed by atoms with Gasteiger partial charge in [-0.3, -0.25) is 0 Å². The Kier molecular flexibility index (Phi) is 7.54. The van der Waals surface area contributed by atoms with E-state index in [4.69, 9.17) is 4.42 Å². The Bertz CT molecular complexity index is 3420. The van der Waals surface area contributed by atoms with Gasteiger partial charge in [-0.15, -0.1) is 11.3 Å². The van der Waals surface area contributed by atoms with Gasteiger partial charge < -0.3 is 13.9 Å². The van der Waals surface area contributed by atoms with Crippen LogP contribution in [0.1, 0.15) is 17.7 Å². The van der Waals surface area contributed by atoms with Crippen molar-refractivity contribution in [3.8, 4) is 27.9 Å². The van der Waals surface area contributed by atoms with Crippen molar-refractivity contribution >= 4 is 87.5 Å². The zero-order chi connectivity index (χ0) is 38.2. The number of rotatable bonds is 6. The molecule has 0 saturated heterocycles. The molecule has 0 fully saturated rings. The van der Waals surface area contributed by atoms with Gasteiger partial charge in [0.25, 0.3) is 0 Å². The number of hydrogen-bond donors (Lipinski definition) is 0. The molecular weight excluding hydrogens is 725 g/mol. The van der Waals surface area contributed by atoms with E-state index in [0.29, 0.717) is 0 Å². The van der Waals surface area contributed by atoms with Gasteiger partial charge in [0.15, 0.2) is 0 Å². The molecule has 1 aliphatic carbocycles. The van der Waals surface area contributed by atoms with Crippen LogP contribution >= 0.6 is 11.3 Å². The summed E-state index contributed by atoms with van der Waals surface area (Å²) in [6, 6.07) is 66.2. The van der Waals surface area contributed by atoms with Crippen LogP contribution < -0.4 is 4.90 Å². The van der Waals surface area contributed by atoms with Gasteiger partial charge in [-0.05, 0) is 120 Å². The number of para-hydroxylation sites is 2. The number of aryl methyl sites for hydroxylation is 1. The first kappa shape index (κ1) is 33.0. The van der Waals surface area contributed by atoms with Crippen LogP contribution in [0.25, 0.3) is 87.0 Å². The van der Waals surface area contributed by atoms with Crippen molar-refractivity contribution in [2.75, 3.05) is 4.90 Å². The minimum atomic E-state index is 0.911. The fourth-order valence-corrected chi connectivity index (χ4v) is 10.4. The van der Waals surface area contributed by atoms with Gasteiger partial charge in [-0.1, -0.05) is 115 Å². The molecule has 12 rings (SSSR count). The minimum Gasteiger partial charge on any atom is -0.456 e. The third-order valence-corrected chi connectivity index (χ3v) is 13.1. The average molecular weight is 761 g/mol. The SMILES string of the molecule is C1=Cc2c(c3ccc(N(c4cccc(-c5cccc(-c6ccc7oc8ccccc8c7c6)c5)c4)c4cccc5c4sc4ccccc45)cc3n2-c2ccccc2)CC1. The highest BCUT2D eigenvalue weighted by Crippen LogP contribution is 2.47. The summed E-state index contributed by atoms with van der Waals surface area (Å²) < 4.78 is 11.2. The molecule has 0 radical (unpaired) electrons. The summed E-state index contributed by atoms with van der Waals surface area (Å²) in [5, 5.41) is 6.17. The van der Waals surface area contributed by atoms with E-state index in [1.54, 1.807) is 0 Å². The van der Waals surface area contributed by atoms with Gasteiger partial charge in [-0.25, -0.2) is 0 Å². The first-order chi connectivity index (χ1) is 28.7. The molecule has 0 bridgehead atoms. The second kappa shape index (κ2) is 13.2. The molecule has 1 aliphatic rings. The fourth-order valence-electron chi connectivity index (χ4n) is 9.16. The van der Waals surface area contributed by atoms with E-state index in [0.717, 1.165) is 51.7 Å². The third kappa shape index (κ3) is 5.26. The van der Waals surface area contributed by atoms with Gasteiger partial charge in [-0.2, -0.15) is 0 Å². The van der Waals surface area contributed by atoms with Gasteiger partial charge >= 0.3 is 0 Å². The Labute approximate surface area is 340 Å². The molecule has 4 heteroatoms. The van der Waals surface area contributed by atoms with Crippen LogP contribution in [0.5, 0.6) is 0 Å². The Morgan fingerprint density at radius 1 is 0.500 bits per heavy atom. The van der Waals surface area contributed by atoms with E-state index in [2.05, 4.69) is 191 Å². The lowest BCUT2D eigenvalue weighted by molar-refractivity contribution is 0.669. The molecule has 0 N–H and O–H groups in total. The Morgan fingerprint density at radius 2 is 1.21 bits per heavy atom. The molecule has 0 amide bonds. The first-order valence-corrected chi connectivity index (χ1v) is 20.8. The number of thiophene rings is 1. The second-order valence-electron chi connectivity index (χ2n) is 15.2. The number of hydrogen-bond acceptors (Lipinski definition) is 3. The second-order valence-corrected chi connectivity index (χ2v) is 16.3. The Hall–Kier alpha value is -7.14. The van der Waals surface area contributed by atoms with Crippen LogP contribution in [-0.4, -0.2) is 4.57 Å². The molecule has 0 saturated carbocycles. The standard InChI is InChI=1S/C54H36N2OS/c1-2-16-39(17-3-1)56-48-23-7-4-19-42(48)43-29-28-41(34-50(43)56)55(49-24-12-22-46-45-21-6-9-26-53(45)58-54(46)49)40-18-11-15-37(32-40)35-13-10-14-36(31-35)38-27-30-52-47(33-38)44-20-5-8-25-51(44)57-52/h1-3,5-18,20-34H,4,19H2. The summed E-state index contributed by atoms with van der Waals surface area (Å²) in [4.78, 5) is 2.47. The zero-order valence-electron chi connectivity index (χ0n) is 31.6. The smallest absolute Gasteiger partial charge is 0.135 e. The first-order valence-electron chi connectivity index (χ1n) is 20.0. The summed E-state index contributed by atoms with van der Waals surface area (Å²) in [6.45, 7) is 0. The molecule has 58 heavy (non-hydrogen) atoms. The molecule has 0 aliphatic heterocycles. The summed E-state index contributed by atoms with van der Waals surface area (Å²) in [6.07, 6.45) is 6.73. The quantitative estimate of drug-likeness (QED) is 0.168. The van der Waals surface area contributed by atoms with Gasteiger partial charge in [0.05, 0.1) is 15.9 Å². The molecule has 3 heterocycles. The number of benzene rings is 8. The Morgan fingerprint density at radius 3 is 2.10 bits per heavy atom. The van der Waals surface area contributed by atoms with Crippen LogP contribution in [0.2, 0.25) is 0 Å². The molecule has 3 aromatic heterocycles. The topological polar surface area (TPSA) is 21.3 Å². The van der Waals surface area contributed by atoms with Crippen molar-refractivity contribution in [2.24, 2.45) is 0 Å². The maximum absolute atomic E-state index is 6.15. The Balaban J connectivity index is 1.04. The largest absolute Gasteiger partial charge is 0.456 e. The van der Waals surface area contributed by atoms with Gasteiger partial charge in [0.1, 0.15) is 11.2 Å². The van der Waals surface area contributed by atoms with Crippen molar-refractivity contribution in [3.05, 3.63) is 199 Å². The lowest BCUT2D eigenvalue weighted by Gasteiger charge is -2.27. The molecule has 274 valence electrons. The number of nitrogens with zero attached hydrogens (tertiary/aromatic N) is 2. The lowest BCUT2D eigenvalue weighted by Crippen LogP contribution is -2.10. The fraction of sp³-hybridized carbons (Fsp3) is 0.0370. The highest BCUT2D eigenvalue weighted by atomic mass is 32.1. The van der Waals surface area contributed by atoms with Crippen molar-refractivity contribution in [1.82, 2.24) is 4.57 Å². The van der Waals surface area contributed by atoms with Crippen molar-refractivity contribution in [3.63, 3.8) is 0 Å². The number of fused-ring (bicyclic) bond motifs is 9. The molecule has 3 nitrogen and oxygen atoms in total. The van der Waals surface area contributed by atoms with Crippen LogP contribution in [0.4, 0.5) is 17.1 Å². The highest BCUT2D eigenvalue weighted by Gasteiger charge is 2.23. The lowest BCUT2D eigenvalue weighted by atomic mass is 9.97. The number of aromatic nitrogens is 1. The summed E-state index contributed by atoms with van der Waals surface area (Å²) >= 11 is 1.87. The maximum atomic E-state index is 6.15. The molecule has 8 aromatic carbocycles. The highest BCUT2D eigenvalue weighted by molar-refractivity contribution is 7.26. The van der Waals surface area contributed by atoms with Gasteiger partial charge in [0.2, 0.25) is 0 Å². The van der Waals surface area contributed by atoms with E-state index in [1.165, 1.54) is 70.4 Å². The predicted octanol–water partition coefficient (Wildman–Crippen LogP) is 15.7. The molecule has 0 unspecified atom stereocenters.